The average Bonchev–Trinajstić information content (AvgIpc) is 3.57. The molecule has 0 radical (unpaired) electrons. The first-order chi connectivity index (χ1) is 20.0. The fraction of sp³-hybridized carbons (Fsp3) is 0.188. The lowest BCUT2D eigenvalue weighted by atomic mass is 9.84. The minimum atomic E-state index is -0.245. The van der Waals surface area contributed by atoms with Crippen LogP contribution in [-0.2, 0) is 6.61 Å². The average molecular weight is 545 g/mol. The number of benzene rings is 3. The first-order valence-corrected chi connectivity index (χ1v) is 13.4. The highest BCUT2D eigenvalue weighted by Gasteiger charge is 2.38. The van der Waals surface area contributed by atoms with Crippen molar-refractivity contribution in [3.8, 4) is 28.9 Å². The number of ether oxygens (including phenoxy) is 3. The van der Waals surface area contributed by atoms with E-state index in [1.54, 1.807) is 18.0 Å². The molecule has 0 saturated heterocycles. The summed E-state index contributed by atoms with van der Waals surface area (Å²) in [5.74, 6) is 3.04. The van der Waals surface area contributed by atoms with Gasteiger partial charge in [0.25, 0.3) is 0 Å². The molecule has 9 heteroatoms. The molecule has 0 N–H and O–H groups in total. The van der Waals surface area contributed by atoms with Crippen LogP contribution in [-0.4, -0.2) is 36.5 Å². The first-order valence-electron chi connectivity index (χ1n) is 13.4. The molecule has 1 atom stereocenters. The summed E-state index contributed by atoms with van der Waals surface area (Å²) in [4.78, 5) is 9.62. The molecule has 6 aromatic rings. The molecular weight excluding hydrogens is 516 g/mol. The number of aryl methyl sites for hydroxylation is 3. The maximum absolute atomic E-state index is 6.51. The van der Waals surface area contributed by atoms with Crippen molar-refractivity contribution in [2.45, 2.75) is 33.3 Å². The van der Waals surface area contributed by atoms with Crippen LogP contribution >= 0.6 is 0 Å². The number of aromatic nitrogens is 6. The van der Waals surface area contributed by atoms with Gasteiger partial charge in [0, 0.05) is 0 Å². The lowest BCUT2D eigenvalue weighted by molar-refractivity contribution is 0.292. The summed E-state index contributed by atoms with van der Waals surface area (Å²) in [6.45, 7) is 6.30. The third-order valence-corrected chi connectivity index (χ3v) is 7.47. The second-order valence-electron chi connectivity index (χ2n) is 10.1. The molecule has 1 aliphatic heterocycles. The van der Waals surface area contributed by atoms with Crippen molar-refractivity contribution in [2.24, 2.45) is 0 Å². The van der Waals surface area contributed by atoms with Crippen molar-refractivity contribution in [2.75, 3.05) is 7.11 Å². The number of hydrogen-bond donors (Lipinski definition) is 0. The third-order valence-electron chi connectivity index (χ3n) is 7.47. The maximum atomic E-state index is 6.51. The van der Waals surface area contributed by atoms with Gasteiger partial charge in [-0.1, -0.05) is 48.5 Å². The van der Waals surface area contributed by atoms with Gasteiger partial charge in [-0.15, -0.1) is 5.10 Å². The molecule has 1 aliphatic rings. The van der Waals surface area contributed by atoms with E-state index >= 15 is 0 Å². The molecule has 0 aliphatic carbocycles. The molecule has 0 bridgehead atoms. The molecule has 0 unspecified atom stereocenters. The highest BCUT2D eigenvalue weighted by molar-refractivity contribution is 5.66. The van der Waals surface area contributed by atoms with Crippen LogP contribution in [0.25, 0.3) is 11.3 Å². The molecular formula is C32H28N6O3. The topological polar surface area (TPSA) is 88.6 Å². The molecule has 0 fully saturated rings. The quantitative estimate of drug-likeness (QED) is 0.250. The van der Waals surface area contributed by atoms with Crippen LogP contribution in [0.1, 0.15) is 45.3 Å². The minimum absolute atomic E-state index is 0.229. The van der Waals surface area contributed by atoms with Gasteiger partial charge >= 0.3 is 0 Å². The number of para-hydroxylation sites is 2. The second-order valence-corrected chi connectivity index (χ2v) is 10.1. The smallest absolute Gasteiger partial charge is 0.230 e. The van der Waals surface area contributed by atoms with Crippen LogP contribution in [0.4, 0.5) is 0 Å². The summed E-state index contributed by atoms with van der Waals surface area (Å²) < 4.78 is 21.7. The maximum Gasteiger partial charge on any atom is 0.230 e. The molecule has 7 rings (SSSR count). The monoisotopic (exact) mass is 544 g/mol. The summed E-state index contributed by atoms with van der Waals surface area (Å²) in [7, 11) is 1.66. The molecule has 9 nitrogen and oxygen atoms in total. The number of fused-ring (bicyclic) bond motifs is 4. The summed E-state index contributed by atoms with van der Waals surface area (Å²) in [6, 6.07) is 24.1. The molecule has 0 saturated carbocycles. The Hall–Kier alpha value is -5.18. The molecule has 204 valence electrons. The van der Waals surface area contributed by atoms with Gasteiger partial charge in [-0.05, 0) is 61.7 Å². The van der Waals surface area contributed by atoms with Crippen molar-refractivity contribution in [1.82, 2.24) is 29.4 Å². The fourth-order valence-electron chi connectivity index (χ4n) is 5.52. The van der Waals surface area contributed by atoms with Crippen LogP contribution in [0.3, 0.4) is 0 Å². The molecule has 0 spiro atoms. The Labute approximate surface area is 237 Å². The molecule has 3 aromatic carbocycles. The normalized spacial score (nSPS) is 13.9. The predicted molar refractivity (Wildman–Crippen MR) is 153 cm³/mol. The Bertz CT molecular complexity index is 1870. The van der Waals surface area contributed by atoms with Crippen molar-refractivity contribution >= 4 is 5.65 Å². The lowest BCUT2D eigenvalue weighted by Crippen LogP contribution is -2.16. The van der Waals surface area contributed by atoms with Crippen LogP contribution in [0.15, 0.2) is 79.1 Å². The summed E-state index contributed by atoms with van der Waals surface area (Å²) >= 11 is 0. The Balaban J connectivity index is 1.37. The molecule has 3 aromatic heterocycles. The van der Waals surface area contributed by atoms with Gasteiger partial charge in [-0.3, -0.25) is 0 Å². The van der Waals surface area contributed by atoms with Crippen LogP contribution in [0.2, 0.25) is 0 Å². The third kappa shape index (κ3) is 4.17. The Kier molecular flexibility index (Phi) is 5.92. The van der Waals surface area contributed by atoms with Crippen molar-refractivity contribution in [3.05, 3.63) is 118 Å². The standard InChI is InChI=1S/C32H28N6O3/c1-19-9-8-10-20(2)29(19)40-17-25-34-30-28-27(22-13-15-24(39-4)16-14-22)26-21(3)35-38(23-11-6-5-7-12-23)32(26)41-31(28)33-18-37(30)36-25/h5-16,18,27H,17H2,1-4H3/t27-/m1/s1. The van der Waals surface area contributed by atoms with E-state index in [-0.39, 0.29) is 12.5 Å². The van der Waals surface area contributed by atoms with E-state index in [4.69, 9.17) is 34.4 Å². The summed E-state index contributed by atoms with van der Waals surface area (Å²) in [5.41, 5.74) is 7.38. The van der Waals surface area contributed by atoms with Gasteiger partial charge in [0.15, 0.2) is 11.5 Å². The van der Waals surface area contributed by atoms with Gasteiger partial charge in [-0.2, -0.15) is 5.10 Å². The Morgan fingerprint density at radius 1 is 0.854 bits per heavy atom. The van der Waals surface area contributed by atoms with Crippen LogP contribution in [0, 0.1) is 20.8 Å². The van der Waals surface area contributed by atoms with Gasteiger partial charge in [0.1, 0.15) is 24.4 Å². The zero-order valence-electron chi connectivity index (χ0n) is 23.2. The Morgan fingerprint density at radius 2 is 1.61 bits per heavy atom. The van der Waals surface area contributed by atoms with Crippen LogP contribution in [0.5, 0.6) is 23.3 Å². The van der Waals surface area contributed by atoms with E-state index in [1.165, 1.54) is 0 Å². The number of nitrogens with zero attached hydrogens (tertiary/aromatic N) is 6. The highest BCUT2D eigenvalue weighted by atomic mass is 16.5. The van der Waals surface area contributed by atoms with Crippen LogP contribution < -0.4 is 14.2 Å². The number of hydrogen-bond acceptors (Lipinski definition) is 7. The van der Waals surface area contributed by atoms with E-state index in [0.717, 1.165) is 50.7 Å². The van der Waals surface area contributed by atoms with Gasteiger partial charge in [0.2, 0.25) is 11.8 Å². The van der Waals surface area contributed by atoms with E-state index in [2.05, 4.69) is 12.1 Å². The Morgan fingerprint density at radius 3 is 2.34 bits per heavy atom. The molecule has 41 heavy (non-hydrogen) atoms. The van der Waals surface area contributed by atoms with Gasteiger partial charge in [-0.25, -0.2) is 19.2 Å². The number of rotatable bonds is 6. The summed E-state index contributed by atoms with van der Waals surface area (Å²) in [6.07, 6.45) is 1.63. The largest absolute Gasteiger partial charge is 0.497 e. The van der Waals surface area contributed by atoms with Crippen molar-refractivity contribution in [3.63, 3.8) is 0 Å². The predicted octanol–water partition coefficient (Wildman–Crippen LogP) is 6.11. The zero-order valence-corrected chi connectivity index (χ0v) is 23.2. The molecule has 4 heterocycles. The summed E-state index contributed by atoms with van der Waals surface area (Å²) in [5, 5.41) is 9.60. The van der Waals surface area contributed by atoms with E-state index < -0.39 is 0 Å². The van der Waals surface area contributed by atoms with E-state index in [1.807, 2.05) is 86.1 Å². The van der Waals surface area contributed by atoms with E-state index in [9.17, 15) is 0 Å². The molecule has 0 amide bonds. The van der Waals surface area contributed by atoms with Gasteiger partial charge in [0.05, 0.1) is 35.5 Å². The van der Waals surface area contributed by atoms with E-state index in [0.29, 0.717) is 23.2 Å². The zero-order chi connectivity index (χ0) is 28.1. The van der Waals surface area contributed by atoms with Crippen molar-refractivity contribution in [1.29, 1.82) is 0 Å². The minimum Gasteiger partial charge on any atom is -0.497 e. The van der Waals surface area contributed by atoms with Gasteiger partial charge < -0.3 is 14.2 Å². The van der Waals surface area contributed by atoms with Crippen molar-refractivity contribution < 1.29 is 14.2 Å². The number of methoxy groups -OCH3 is 1. The fourth-order valence-corrected chi connectivity index (χ4v) is 5.52. The highest BCUT2D eigenvalue weighted by Crippen LogP contribution is 2.49. The SMILES string of the molecule is COc1ccc([C@@H]2c3c(C)nn(-c4ccccc4)c3Oc3ncn4nc(COc5c(C)cccc5C)nc4c32)cc1. The lowest BCUT2D eigenvalue weighted by Gasteiger charge is -2.26. The first kappa shape index (κ1) is 24.8. The second kappa shape index (κ2) is 9.78.